The van der Waals surface area contributed by atoms with E-state index in [1.165, 1.54) is 0 Å². The highest BCUT2D eigenvalue weighted by atomic mass is 19.3. The second kappa shape index (κ2) is 3.97. The van der Waals surface area contributed by atoms with Gasteiger partial charge in [-0.1, -0.05) is 0 Å². The van der Waals surface area contributed by atoms with E-state index in [0.29, 0.717) is 13.0 Å². The van der Waals surface area contributed by atoms with Crippen LogP contribution in [-0.4, -0.2) is 30.8 Å². The molecule has 0 saturated carbocycles. The summed E-state index contributed by atoms with van der Waals surface area (Å²) in [6.07, 6.45) is -1.99. The molecule has 1 aliphatic rings. The zero-order valence-corrected chi connectivity index (χ0v) is 6.17. The van der Waals surface area contributed by atoms with Gasteiger partial charge in [0.05, 0.1) is 19.3 Å². The average molecular weight is 166 g/mol. The Morgan fingerprint density at radius 1 is 1.55 bits per heavy atom. The molecule has 0 aromatic heterocycles. The van der Waals surface area contributed by atoms with E-state index in [4.69, 9.17) is 9.84 Å². The van der Waals surface area contributed by atoms with Gasteiger partial charge in [0, 0.05) is 6.42 Å². The first-order chi connectivity index (χ1) is 5.22. The van der Waals surface area contributed by atoms with Gasteiger partial charge in [0.1, 0.15) is 0 Å². The smallest absolute Gasteiger partial charge is 0.239 e. The van der Waals surface area contributed by atoms with Gasteiger partial charge in [-0.2, -0.15) is 0 Å². The Kier molecular flexibility index (Phi) is 3.20. The second-order valence-electron chi connectivity index (χ2n) is 2.87. The third-order valence-electron chi connectivity index (χ3n) is 1.88. The molecule has 2 atom stereocenters. The number of aliphatic hydroxyl groups excluding tert-OH is 1. The van der Waals surface area contributed by atoms with E-state index < -0.39 is 6.43 Å². The van der Waals surface area contributed by atoms with Crippen LogP contribution in [0.2, 0.25) is 0 Å². The van der Waals surface area contributed by atoms with Gasteiger partial charge < -0.3 is 9.84 Å². The SMILES string of the molecule is OCC1CC(CC(F)F)CO1. The molecule has 1 saturated heterocycles. The molecule has 0 bridgehead atoms. The van der Waals surface area contributed by atoms with Crippen molar-refractivity contribution in [2.45, 2.75) is 25.4 Å². The van der Waals surface area contributed by atoms with Crippen LogP contribution >= 0.6 is 0 Å². The maximum absolute atomic E-state index is 11.8. The number of hydrogen-bond acceptors (Lipinski definition) is 2. The molecule has 1 heterocycles. The van der Waals surface area contributed by atoms with Crippen molar-refractivity contribution in [3.05, 3.63) is 0 Å². The van der Waals surface area contributed by atoms with E-state index in [1.807, 2.05) is 0 Å². The lowest BCUT2D eigenvalue weighted by Gasteiger charge is -2.05. The predicted molar refractivity (Wildman–Crippen MR) is 35.6 cm³/mol. The Balaban J connectivity index is 2.19. The van der Waals surface area contributed by atoms with Crippen molar-refractivity contribution in [1.29, 1.82) is 0 Å². The summed E-state index contributed by atoms with van der Waals surface area (Å²) in [5.41, 5.74) is 0. The first-order valence-electron chi connectivity index (χ1n) is 3.73. The number of ether oxygens (including phenoxy) is 1. The Morgan fingerprint density at radius 3 is 2.73 bits per heavy atom. The summed E-state index contributed by atoms with van der Waals surface area (Å²) in [7, 11) is 0. The van der Waals surface area contributed by atoms with Gasteiger partial charge in [0.15, 0.2) is 0 Å². The first kappa shape index (κ1) is 8.87. The zero-order chi connectivity index (χ0) is 8.27. The van der Waals surface area contributed by atoms with Crippen molar-refractivity contribution in [2.24, 2.45) is 5.92 Å². The molecule has 11 heavy (non-hydrogen) atoms. The highest BCUT2D eigenvalue weighted by Crippen LogP contribution is 2.24. The molecule has 1 aliphatic heterocycles. The molecule has 1 N–H and O–H groups in total. The van der Waals surface area contributed by atoms with E-state index in [-0.39, 0.29) is 25.0 Å². The minimum absolute atomic E-state index is 0.0558. The van der Waals surface area contributed by atoms with Crippen molar-refractivity contribution >= 4 is 0 Å². The zero-order valence-electron chi connectivity index (χ0n) is 6.17. The van der Waals surface area contributed by atoms with Gasteiger partial charge >= 0.3 is 0 Å². The van der Waals surface area contributed by atoms with Crippen LogP contribution in [0.4, 0.5) is 8.78 Å². The minimum Gasteiger partial charge on any atom is -0.394 e. The van der Waals surface area contributed by atoms with Crippen molar-refractivity contribution in [1.82, 2.24) is 0 Å². The van der Waals surface area contributed by atoms with Crippen LogP contribution in [0.3, 0.4) is 0 Å². The molecule has 0 aliphatic carbocycles. The number of alkyl halides is 2. The fourth-order valence-corrected chi connectivity index (χ4v) is 1.32. The van der Waals surface area contributed by atoms with Crippen LogP contribution in [0.1, 0.15) is 12.8 Å². The van der Waals surface area contributed by atoms with E-state index in [2.05, 4.69) is 0 Å². The highest BCUT2D eigenvalue weighted by Gasteiger charge is 2.26. The maximum Gasteiger partial charge on any atom is 0.239 e. The topological polar surface area (TPSA) is 29.5 Å². The van der Waals surface area contributed by atoms with Crippen molar-refractivity contribution in [3.63, 3.8) is 0 Å². The largest absolute Gasteiger partial charge is 0.394 e. The predicted octanol–water partition coefficient (Wildman–Crippen LogP) is 1.04. The Hall–Kier alpha value is -0.220. The summed E-state index contributed by atoms with van der Waals surface area (Å²) in [5.74, 6) is -0.0628. The molecule has 1 rings (SSSR count). The van der Waals surface area contributed by atoms with Crippen LogP contribution in [0.5, 0.6) is 0 Å². The van der Waals surface area contributed by atoms with Gasteiger partial charge in [0.2, 0.25) is 6.43 Å². The van der Waals surface area contributed by atoms with E-state index in [0.717, 1.165) is 0 Å². The summed E-state index contributed by atoms with van der Waals surface area (Å²) in [6.45, 7) is 0.315. The molecule has 1 fully saturated rings. The van der Waals surface area contributed by atoms with E-state index in [1.54, 1.807) is 0 Å². The highest BCUT2D eigenvalue weighted by molar-refractivity contribution is 4.73. The summed E-state index contributed by atoms with van der Waals surface area (Å²) in [4.78, 5) is 0. The van der Waals surface area contributed by atoms with Crippen LogP contribution in [0, 0.1) is 5.92 Å². The quantitative estimate of drug-likeness (QED) is 0.678. The average Bonchev–Trinajstić information content (AvgIpc) is 2.34. The van der Waals surface area contributed by atoms with E-state index >= 15 is 0 Å². The van der Waals surface area contributed by atoms with Gasteiger partial charge in [-0.3, -0.25) is 0 Å². The summed E-state index contributed by atoms with van der Waals surface area (Å²) < 4.78 is 28.6. The number of rotatable bonds is 3. The van der Waals surface area contributed by atoms with Gasteiger partial charge in [-0.15, -0.1) is 0 Å². The van der Waals surface area contributed by atoms with Gasteiger partial charge in [-0.05, 0) is 12.3 Å². The number of hydrogen-bond donors (Lipinski definition) is 1. The van der Waals surface area contributed by atoms with Crippen LogP contribution < -0.4 is 0 Å². The number of halogens is 2. The molecule has 2 unspecified atom stereocenters. The van der Waals surface area contributed by atoms with Crippen LogP contribution in [0.25, 0.3) is 0 Å². The third-order valence-corrected chi connectivity index (χ3v) is 1.88. The standard InChI is InChI=1S/C7H12F2O2/c8-7(9)2-5-1-6(3-10)11-4-5/h5-7,10H,1-4H2. The van der Waals surface area contributed by atoms with E-state index in [9.17, 15) is 8.78 Å². The molecule has 2 nitrogen and oxygen atoms in total. The monoisotopic (exact) mass is 166 g/mol. The van der Waals surface area contributed by atoms with Gasteiger partial charge in [0.25, 0.3) is 0 Å². The molecule has 0 amide bonds. The Bertz CT molecular complexity index is 119. The molecule has 66 valence electrons. The molecule has 4 heteroatoms. The molecule has 0 aromatic rings. The Labute approximate surface area is 64.2 Å². The molecule has 0 radical (unpaired) electrons. The fraction of sp³-hybridized carbons (Fsp3) is 1.00. The second-order valence-corrected chi connectivity index (χ2v) is 2.87. The van der Waals surface area contributed by atoms with Crippen molar-refractivity contribution < 1.29 is 18.6 Å². The van der Waals surface area contributed by atoms with Crippen LogP contribution in [-0.2, 0) is 4.74 Å². The Morgan fingerprint density at radius 2 is 2.27 bits per heavy atom. The number of aliphatic hydroxyl groups is 1. The van der Waals surface area contributed by atoms with Crippen LogP contribution in [0.15, 0.2) is 0 Å². The first-order valence-corrected chi connectivity index (χ1v) is 3.73. The summed E-state index contributed by atoms with van der Waals surface area (Å²) in [5, 5.41) is 8.61. The van der Waals surface area contributed by atoms with Crippen molar-refractivity contribution in [2.75, 3.05) is 13.2 Å². The summed E-state index contributed by atoms with van der Waals surface area (Å²) >= 11 is 0. The molecular weight excluding hydrogens is 154 g/mol. The lowest BCUT2D eigenvalue weighted by molar-refractivity contribution is 0.0541. The molecule has 0 aromatic carbocycles. The third kappa shape index (κ3) is 2.71. The summed E-state index contributed by atoms with van der Waals surface area (Å²) in [6, 6.07) is 0. The lowest BCUT2D eigenvalue weighted by atomic mass is 10.0. The fourth-order valence-electron chi connectivity index (χ4n) is 1.32. The normalized spacial score (nSPS) is 31.6. The minimum atomic E-state index is -2.25. The maximum atomic E-state index is 11.8. The van der Waals surface area contributed by atoms with Gasteiger partial charge in [-0.25, -0.2) is 8.78 Å². The lowest BCUT2D eigenvalue weighted by Crippen LogP contribution is -2.10. The molecular formula is C7H12F2O2. The molecule has 0 spiro atoms. The van der Waals surface area contributed by atoms with Crippen molar-refractivity contribution in [3.8, 4) is 0 Å².